The Bertz CT molecular complexity index is 1170. The van der Waals surface area contributed by atoms with Crippen molar-refractivity contribution in [3.8, 4) is 11.4 Å². The molecule has 34 heavy (non-hydrogen) atoms. The molecule has 0 spiro atoms. The minimum Gasteiger partial charge on any atom is -0.381 e. The Labute approximate surface area is 200 Å². The first-order chi connectivity index (χ1) is 16.7. The van der Waals surface area contributed by atoms with Crippen LogP contribution in [0.3, 0.4) is 0 Å². The van der Waals surface area contributed by atoms with E-state index >= 15 is 0 Å². The van der Waals surface area contributed by atoms with E-state index in [0.717, 1.165) is 86.3 Å². The molecule has 9 nitrogen and oxygen atoms in total. The lowest BCUT2D eigenvalue weighted by Gasteiger charge is -2.31. The molecule has 0 aliphatic carbocycles. The number of hydrogen-bond acceptors (Lipinski definition) is 9. The highest BCUT2D eigenvalue weighted by molar-refractivity contribution is 7.85. The van der Waals surface area contributed by atoms with Gasteiger partial charge in [-0.05, 0) is 25.7 Å². The Balaban J connectivity index is 1.17. The molecule has 1 unspecified atom stereocenters. The highest BCUT2D eigenvalue weighted by Crippen LogP contribution is 2.34. The van der Waals surface area contributed by atoms with Gasteiger partial charge >= 0.3 is 0 Å². The standard InChI is InChI=1S/C24H28N6O3S/c31-34-15-10-19-20(34)22(25-18-8-13-32-14-9-18)28-24(26-19)30-11-6-17(7-12-30)23-27-21(29-33-23)16-4-2-1-3-5-16/h1-5,17-18H,6-15H2,(H,25,26,28). The van der Waals surface area contributed by atoms with Gasteiger partial charge in [-0.15, -0.1) is 0 Å². The van der Waals surface area contributed by atoms with E-state index in [4.69, 9.17) is 19.2 Å². The van der Waals surface area contributed by atoms with Gasteiger partial charge in [-0.25, -0.2) is 4.98 Å². The summed E-state index contributed by atoms with van der Waals surface area (Å²) in [7, 11) is -1.04. The highest BCUT2D eigenvalue weighted by atomic mass is 32.2. The number of rotatable bonds is 5. The Hall–Kier alpha value is -2.85. The van der Waals surface area contributed by atoms with Gasteiger partial charge in [0.1, 0.15) is 10.7 Å². The van der Waals surface area contributed by atoms with Crippen molar-refractivity contribution in [2.75, 3.05) is 42.3 Å². The maximum Gasteiger partial charge on any atom is 0.230 e. The Morgan fingerprint density at radius 2 is 1.79 bits per heavy atom. The molecule has 3 aliphatic heterocycles. The van der Waals surface area contributed by atoms with Crippen molar-refractivity contribution in [3.05, 3.63) is 41.9 Å². The van der Waals surface area contributed by atoms with Crippen molar-refractivity contribution in [1.82, 2.24) is 20.1 Å². The summed E-state index contributed by atoms with van der Waals surface area (Å²) in [6.45, 7) is 3.12. The number of nitrogens with one attached hydrogen (secondary N) is 1. The zero-order valence-electron chi connectivity index (χ0n) is 19.0. The second-order valence-electron chi connectivity index (χ2n) is 9.06. The monoisotopic (exact) mass is 480 g/mol. The molecule has 1 atom stereocenters. The number of aryl methyl sites for hydroxylation is 1. The van der Waals surface area contributed by atoms with Gasteiger partial charge in [0.15, 0.2) is 0 Å². The smallest absolute Gasteiger partial charge is 0.230 e. The first kappa shape index (κ1) is 21.7. The molecule has 0 saturated carbocycles. The summed E-state index contributed by atoms with van der Waals surface area (Å²) in [5.74, 6) is 3.65. The molecular formula is C24H28N6O3S. The van der Waals surface area contributed by atoms with Crippen LogP contribution in [0.1, 0.15) is 43.2 Å². The first-order valence-corrected chi connectivity index (χ1v) is 13.3. The van der Waals surface area contributed by atoms with Crippen LogP contribution in [0.15, 0.2) is 39.8 Å². The van der Waals surface area contributed by atoms with Crippen LogP contribution >= 0.6 is 0 Å². The van der Waals surface area contributed by atoms with Crippen molar-refractivity contribution in [1.29, 1.82) is 0 Å². The van der Waals surface area contributed by atoms with Crippen LogP contribution in [0.5, 0.6) is 0 Å². The molecule has 0 amide bonds. The lowest BCUT2D eigenvalue weighted by molar-refractivity contribution is 0.0903. The fourth-order valence-corrected chi connectivity index (χ4v) is 6.20. The van der Waals surface area contributed by atoms with Gasteiger partial charge in [0.05, 0.1) is 16.5 Å². The number of piperidine rings is 1. The van der Waals surface area contributed by atoms with Crippen LogP contribution in [0.2, 0.25) is 0 Å². The number of ether oxygens (including phenoxy) is 1. The quantitative estimate of drug-likeness (QED) is 0.589. The van der Waals surface area contributed by atoms with Crippen LogP contribution < -0.4 is 10.2 Å². The predicted molar refractivity (Wildman–Crippen MR) is 128 cm³/mol. The topological polar surface area (TPSA) is 106 Å². The van der Waals surface area contributed by atoms with Crippen LogP contribution in [-0.4, -0.2) is 62.4 Å². The number of fused-ring (bicyclic) bond motifs is 1. The zero-order valence-corrected chi connectivity index (χ0v) is 19.8. The van der Waals surface area contributed by atoms with Crippen molar-refractivity contribution < 1.29 is 13.5 Å². The van der Waals surface area contributed by atoms with Crippen molar-refractivity contribution in [2.24, 2.45) is 0 Å². The average molecular weight is 481 g/mol. The van der Waals surface area contributed by atoms with Crippen molar-refractivity contribution >= 4 is 22.6 Å². The van der Waals surface area contributed by atoms with Gasteiger partial charge in [0.2, 0.25) is 17.7 Å². The molecule has 0 bridgehead atoms. The van der Waals surface area contributed by atoms with Crippen molar-refractivity contribution in [2.45, 2.75) is 49.0 Å². The summed E-state index contributed by atoms with van der Waals surface area (Å²) in [6, 6.07) is 10.2. The fourth-order valence-electron chi connectivity index (χ4n) is 4.89. The molecule has 0 radical (unpaired) electrons. The Kier molecular flexibility index (Phi) is 6.00. The lowest BCUT2D eigenvalue weighted by Crippen LogP contribution is -2.35. The zero-order chi connectivity index (χ0) is 22.9. The number of nitrogens with zero attached hydrogens (tertiary/aromatic N) is 5. The number of benzene rings is 1. The third-order valence-electron chi connectivity index (χ3n) is 6.84. The van der Waals surface area contributed by atoms with E-state index in [1.54, 1.807) is 0 Å². The van der Waals surface area contributed by atoms with E-state index in [2.05, 4.69) is 20.4 Å². The second-order valence-corrected chi connectivity index (χ2v) is 10.6. The minimum absolute atomic E-state index is 0.225. The van der Waals surface area contributed by atoms with Crippen LogP contribution in [-0.2, 0) is 22.0 Å². The minimum atomic E-state index is -1.04. The fraction of sp³-hybridized carbons (Fsp3) is 0.500. The van der Waals surface area contributed by atoms with E-state index in [1.165, 1.54) is 0 Å². The van der Waals surface area contributed by atoms with Crippen LogP contribution in [0.4, 0.5) is 11.8 Å². The van der Waals surface area contributed by atoms with Gasteiger partial charge in [-0.2, -0.15) is 9.97 Å². The molecular weight excluding hydrogens is 452 g/mol. The van der Waals surface area contributed by atoms with E-state index in [9.17, 15) is 4.21 Å². The Morgan fingerprint density at radius 3 is 2.59 bits per heavy atom. The normalized spacial score (nSPS) is 21.5. The lowest BCUT2D eigenvalue weighted by atomic mass is 9.97. The van der Waals surface area contributed by atoms with E-state index < -0.39 is 10.8 Å². The molecule has 10 heteroatoms. The summed E-state index contributed by atoms with van der Waals surface area (Å²) in [6.07, 6.45) is 4.39. The third kappa shape index (κ3) is 4.32. The number of anilines is 2. The molecule has 2 fully saturated rings. The van der Waals surface area contributed by atoms with Gasteiger partial charge in [-0.3, -0.25) is 4.21 Å². The molecule has 2 aromatic heterocycles. The molecule has 5 heterocycles. The summed E-state index contributed by atoms with van der Waals surface area (Å²) < 4.78 is 23.7. The van der Waals surface area contributed by atoms with Gasteiger partial charge in [0, 0.05) is 56.0 Å². The van der Waals surface area contributed by atoms with Crippen LogP contribution in [0, 0.1) is 0 Å². The van der Waals surface area contributed by atoms with Gasteiger partial charge in [-0.1, -0.05) is 35.5 Å². The summed E-state index contributed by atoms with van der Waals surface area (Å²) in [5, 5.41) is 7.74. The van der Waals surface area contributed by atoms with Crippen molar-refractivity contribution in [3.63, 3.8) is 0 Å². The number of aromatic nitrogens is 4. The largest absolute Gasteiger partial charge is 0.381 e. The van der Waals surface area contributed by atoms with E-state index in [-0.39, 0.29) is 5.92 Å². The second kappa shape index (κ2) is 9.42. The molecule has 1 aromatic carbocycles. The maximum absolute atomic E-state index is 12.6. The first-order valence-electron chi connectivity index (χ1n) is 12.0. The molecule has 2 saturated heterocycles. The summed E-state index contributed by atoms with van der Waals surface area (Å²) in [4.78, 5) is 17.4. The number of hydrogen-bond donors (Lipinski definition) is 1. The van der Waals surface area contributed by atoms with Gasteiger partial charge < -0.3 is 19.5 Å². The molecule has 1 N–H and O–H groups in total. The third-order valence-corrected chi connectivity index (χ3v) is 8.30. The molecule has 6 rings (SSSR count). The van der Waals surface area contributed by atoms with E-state index in [0.29, 0.717) is 23.5 Å². The maximum atomic E-state index is 12.6. The van der Waals surface area contributed by atoms with E-state index in [1.807, 2.05) is 30.3 Å². The molecule has 178 valence electrons. The molecule has 3 aromatic rings. The SMILES string of the molecule is O=S1CCc2nc(N3CCC(c4nc(-c5ccccc5)no4)CC3)nc(NC3CCOCC3)c21. The predicted octanol–water partition coefficient (Wildman–Crippen LogP) is 3.17. The molecule has 3 aliphatic rings. The summed E-state index contributed by atoms with van der Waals surface area (Å²) in [5.41, 5.74) is 1.88. The Morgan fingerprint density at radius 1 is 1.00 bits per heavy atom. The van der Waals surface area contributed by atoms with Crippen LogP contribution in [0.25, 0.3) is 11.4 Å². The highest BCUT2D eigenvalue weighted by Gasteiger charge is 2.31. The summed E-state index contributed by atoms with van der Waals surface area (Å²) >= 11 is 0. The van der Waals surface area contributed by atoms with Gasteiger partial charge in [0.25, 0.3) is 0 Å². The average Bonchev–Trinajstić information content (AvgIpc) is 3.53.